The van der Waals surface area contributed by atoms with E-state index in [-0.39, 0.29) is 52.1 Å². The molecule has 3 aromatic carbocycles. The van der Waals surface area contributed by atoms with Gasteiger partial charge in [0.2, 0.25) is 5.82 Å². The van der Waals surface area contributed by atoms with E-state index in [0.29, 0.717) is 36.0 Å². The monoisotopic (exact) mass is 692 g/mol. The predicted molar refractivity (Wildman–Crippen MR) is 191 cm³/mol. The number of ether oxygens (including phenoxy) is 2. The van der Waals surface area contributed by atoms with E-state index in [1.54, 1.807) is 31.1 Å². The van der Waals surface area contributed by atoms with Gasteiger partial charge in [0.1, 0.15) is 23.2 Å². The van der Waals surface area contributed by atoms with E-state index >= 15 is 13.2 Å². The Kier molecular flexibility index (Phi) is 11.1. The fourth-order valence-electron chi connectivity index (χ4n) is 6.31. The lowest BCUT2D eigenvalue weighted by atomic mass is 9.75. The third-order valence-electron chi connectivity index (χ3n) is 9.28. The largest absolute Gasteiger partial charge is 0.469 e. The van der Waals surface area contributed by atoms with Gasteiger partial charge >= 0.3 is 5.97 Å². The molecule has 0 spiro atoms. The van der Waals surface area contributed by atoms with Crippen LogP contribution in [0.2, 0.25) is 0 Å². The summed E-state index contributed by atoms with van der Waals surface area (Å²) in [6.45, 7) is 6.38. The van der Waals surface area contributed by atoms with Crippen LogP contribution < -0.4 is 10.1 Å². The lowest BCUT2D eigenvalue weighted by molar-refractivity contribution is -0.140. The molecule has 1 aliphatic rings. The lowest BCUT2D eigenvalue weighted by Crippen LogP contribution is -2.34. The molecule has 1 aliphatic heterocycles. The number of H-pyrrole nitrogens is 1. The van der Waals surface area contributed by atoms with Gasteiger partial charge < -0.3 is 19.8 Å². The quantitative estimate of drug-likeness (QED) is 0.186. The summed E-state index contributed by atoms with van der Waals surface area (Å²) in [5.74, 6) is -1.63. The molecule has 11 heteroatoms. The maximum absolute atomic E-state index is 15.6. The van der Waals surface area contributed by atoms with Crippen molar-refractivity contribution in [3.05, 3.63) is 94.4 Å². The smallest absolute Gasteiger partial charge is 0.305 e. The zero-order valence-electron chi connectivity index (χ0n) is 28.6. The number of halogens is 3. The number of fused-ring (bicyclic) bond motifs is 5. The Morgan fingerprint density at radius 3 is 2.65 bits per heavy atom. The van der Waals surface area contributed by atoms with Crippen LogP contribution in [0.4, 0.5) is 13.2 Å². The Labute approximate surface area is 289 Å². The van der Waals surface area contributed by atoms with Crippen molar-refractivity contribution < 1.29 is 27.4 Å². The number of nitrogens with zero attached hydrogens (tertiary/aromatic N) is 1. The minimum absolute atomic E-state index is 0.0156. The number of amidine groups is 2. The van der Waals surface area contributed by atoms with Crippen molar-refractivity contribution in [3.8, 4) is 11.5 Å². The molecule has 0 unspecified atom stereocenters. The number of methoxy groups -OCH3 is 1. The molecule has 49 heavy (non-hydrogen) atoms. The molecule has 0 saturated carbocycles. The van der Waals surface area contributed by atoms with Crippen LogP contribution in [0.15, 0.2) is 59.7 Å². The summed E-state index contributed by atoms with van der Waals surface area (Å²) in [5, 5.41) is 12.8. The SMILES string of the molecule is CN/C1=N\C(=N)[C@@](C)(c2cccc(CCC(=O)OC)c2)CCCC(C)(C)CSCCc2c(c(F)c(F)c3[nH]ccc23)Oc2ccc(F)c1c2. The topological polar surface area (TPSA) is 99.6 Å². The maximum Gasteiger partial charge on any atom is 0.305 e. The number of nitrogens with one attached hydrogen (secondary N) is 3. The number of thioether (sulfide) groups is 1. The molecule has 0 saturated heterocycles. The summed E-state index contributed by atoms with van der Waals surface area (Å²) in [6, 6.07) is 13.4. The molecule has 0 aliphatic carbocycles. The molecule has 260 valence electrons. The van der Waals surface area contributed by atoms with Crippen LogP contribution in [0.25, 0.3) is 10.9 Å². The second-order valence-corrected chi connectivity index (χ2v) is 14.5. The number of rotatable bonds is 4. The van der Waals surface area contributed by atoms with Gasteiger partial charge in [-0.25, -0.2) is 13.8 Å². The van der Waals surface area contributed by atoms with Crippen LogP contribution in [-0.2, 0) is 27.8 Å². The zero-order chi connectivity index (χ0) is 35.3. The summed E-state index contributed by atoms with van der Waals surface area (Å²) in [5.41, 5.74) is 1.50. The van der Waals surface area contributed by atoms with Crippen LogP contribution in [0.5, 0.6) is 11.5 Å². The molecule has 1 aromatic heterocycles. The van der Waals surface area contributed by atoms with Crippen molar-refractivity contribution in [1.29, 1.82) is 5.41 Å². The first-order valence-electron chi connectivity index (χ1n) is 16.4. The van der Waals surface area contributed by atoms with Crippen molar-refractivity contribution in [2.24, 2.45) is 10.4 Å². The third-order valence-corrected chi connectivity index (χ3v) is 10.8. The molecule has 2 bridgehead atoms. The van der Waals surface area contributed by atoms with Gasteiger partial charge in [0.25, 0.3) is 0 Å². The van der Waals surface area contributed by atoms with Gasteiger partial charge in [-0.3, -0.25) is 10.2 Å². The summed E-state index contributed by atoms with van der Waals surface area (Å²) in [4.78, 5) is 19.3. The molecule has 0 fully saturated rings. The van der Waals surface area contributed by atoms with Crippen molar-refractivity contribution >= 4 is 40.3 Å². The zero-order valence-corrected chi connectivity index (χ0v) is 29.4. The van der Waals surface area contributed by atoms with Gasteiger partial charge in [-0.2, -0.15) is 16.2 Å². The normalized spacial score (nSPS) is 19.9. The van der Waals surface area contributed by atoms with Crippen molar-refractivity contribution in [3.63, 3.8) is 0 Å². The Balaban J connectivity index is 1.60. The number of aromatic amines is 1. The lowest BCUT2D eigenvalue weighted by Gasteiger charge is -2.32. The van der Waals surface area contributed by atoms with Crippen molar-refractivity contribution in [2.45, 2.75) is 64.7 Å². The van der Waals surface area contributed by atoms with E-state index < -0.39 is 22.9 Å². The summed E-state index contributed by atoms with van der Waals surface area (Å²) in [7, 11) is 2.95. The first-order chi connectivity index (χ1) is 23.4. The minimum Gasteiger partial charge on any atom is -0.469 e. The fourth-order valence-corrected chi connectivity index (χ4v) is 7.50. The maximum atomic E-state index is 15.6. The van der Waals surface area contributed by atoms with E-state index in [1.807, 2.05) is 31.2 Å². The molecule has 1 atom stereocenters. The molecule has 0 amide bonds. The second kappa shape index (κ2) is 15.1. The van der Waals surface area contributed by atoms with Gasteiger partial charge in [-0.1, -0.05) is 44.5 Å². The van der Waals surface area contributed by atoms with Crippen LogP contribution in [0.1, 0.15) is 68.7 Å². The van der Waals surface area contributed by atoms with Gasteiger partial charge in [-0.15, -0.1) is 0 Å². The van der Waals surface area contributed by atoms with E-state index in [4.69, 9.17) is 9.47 Å². The van der Waals surface area contributed by atoms with E-state index in [1.165, 1.54) is 25.3 Å². The van der Waals surface area contributed by atoms with Crippen LogP contribution in [0.3, 0.4) is 0 Å². The first-order valence-corrected chi connectivity index (χ1v) is 17.6. The highest BCUT2D eigenvalue weighted by molar-refractivity contribution is 7.99. The second-order valence-electron chi connectivity index (χ2n) is 13.4. The summed E-state index contributed by atoms with van der Waals surface area (Å²) in [6.07, 6.45) is 4.99. The van der Waals surface area contributed by atoms with Gasteiger partial charge in [0, 0.05) is 30.6 Å². The molecule has 3 N–H and O–H groups in total. The molecule has 5 rings (SSSR count). The van der Waals surface area contributed by atoms with Gasteiger partial charge in [-0.05, 0) is 84.9 Å². The summed E-state index contributed by atoms with van der Waals surface area (Å²) >= 11 is 1.74. The molecule has 4 aromatic rings. The van der Waals surface area contributed by atoms with Crippen LogP contribution in [0, 0.1) is 28.3 Å². The number of hydrogen-bond donors (Lipinski definition) is 3. The average Bonchev–Trinajstić information content (AvgIpc) is 3.58. The molecule has 7 nitrogen and oxygen atoms in total. The number of carbonyl (C=O) groups is 1. The standard InChI is InChI=1S/C38H43F3N4O3S/c1-37(2)16-7-17-38(3,24-9-6-8-23(20-24)10-13-30(46)47-5)36(42)45-35(43-4)28-21-25(11-12-29(28)39)48-34-27(15-19-49-22-37)26-14-18-44-33(26)31(40)32(34)41/h6,8-9,11-12,14,18,20-21,44H,7,10,13,15-17,19,22H2,1-5H3,(H2,42,43,45)/t38-/m1/s1. The Morgan fingerprint density at radius 1 is 1.10 bits per heavy atom. The summed E-state index contributed by atoms with van der Waals surface area (Å²) < 4.78 is 57.2. The van der Waals surface area contributed by atoms with Crippen molar-refractivity contribution in [2.75, 3.05) is 25.7 Å². The highest BCUT2D eigenvalue weighted by Crippen LogP contribution is 2.40. The highest BCUT2D eigenvalue weighted by atomic mass is 32.2. The Morgan fingerprint density at radius 2 is 1.90 bits per heavy atom. The number of aliphatic imine (C=N–C) groups is 1. The van der Waals surface area contributed by atoms with E-state index in [9.17, 15) is 10.2 Å². The third kappa shape index (κ3) is 7.98. The van der Waals surface area contributed by atoms with Crippen LogP contribution >= 0.6 is 11.8 Å². The van der Waals surface area contributed by atoms with Gasteiger partial charge in [0.15, 0.2) is 11.6 Å². The number of aromatic nitrogens is 1. The highest BCUT2D eigenvalue weighted by Gasteiger charge is 2.34. The van der Waals surface area contributed by atoms with Crippen molar-refractivity contribution in [1.82, 2.24) is 10.3 Å². The number of aryl methyl sites for hydroxylation is 2. The number of carbonyl (C=O) groups excluding carboxylic acids is 1. The van der Waals surface area contributed by atoms with Gasteiger partial charge in [0.05, 0.1) is 23.6 Å². The number of hydrogen-bond acceptors (Lipinski definition) is 6. The average molecular weight is 693 g/mol. The minimum atomic E-state index is -1.12. The Hall–Kier alpha value is -4.25. The number of esters is 1. The van der Waals surface area contributed by atoms with E-state index in [0.717, 1.165) is 29.7 Å². The van der Waals surface area contributed by atoms with E-state index in [2.05, 4.69) is 29.1 Å². The van der Waals surface area contributed by atoms with Crippen LogP contribution in [-0.4, -0.2) is 48.3 Å². The Bertz CT molecular complexity index is 1890. The molecule has 2 heterocycles. The molecular weight excluding hydrogens is 650 g/mol. The molecule has 0 radical (unpaired) electrons. The molecular formula is C38H43F3N4O3S. The first kappa shape index (κ1) is 36.0. The fraction of sp³-hybridized carbons (Fsp3) is 0.395. The predicted octanol–water partition coefficient (Wildman–Crippen LogP) is 8.87. The number of benzene rings is 3.